The van der Waals surface area contributed by atoms with Gasteiger partial charge in [0.25, 0.3) is 5.91 Å². The lowest BCUT2D eigenvalue weighted by molar-refractivity contribution is -0.131. The van der Waals surface area contributed by atoms with Gasteiger partial charge in [-0.1, -0.05) is 5.16 Å². The van der Waals surface area contributed by atoms with Gasteiger partial charge in [0.2, 0.25) is 6.10 Å². The number of carbonyl (C=O) groups excluding carboxylic acids is 1. The number of hydrogen-bond acceptors (Lipinski definition) is 4. The van der Waals surface area contributed by atoms with Gasteiger partial charge in [0.15, 0.2) is 5.71 Å². The number of rotatable bonds is 6. The maximum atomic E-state index is 11.5. The number of carbonyl (C=O) groups is 2. The van der Waals surface area contributed by atoms with Crippen LogP contribution in [0.4, 0.5) is 0 Å². The van der Waals surface area contributed by atoms with E-state index in [1.165, 1.54) is 0 Å². The fourth-order valence-electron chi connectivity index (χ4n) is 1.32. The fraction of sp³-hybridized carbons (Fsp3) is 0.545. The molecule has 0 fully saturated rings. The SMILES string of the molecule is C#CCCCCNC(=O)C1CC(C(=O)O)=NO1. The largest absolute Gasteiger partial charge is 0.477 e. The standard InChI is InChI=1S/C11H14N2O4/c1-2-3-4-5-6-12-10(14)9-7-8(11(15)16)13-17-9/h1,9H,3-7H2,(H,12,14)(H,15,16). The number of carboxylic acid groups (broad SMARTS) is 1. The minimum atomic E-state index is -1.16. The molecule has 6 heteroatoms. The van der Waals surface area contributed by atoms with E-state index in [-0.39, 0.29) is 18.0 Å². The highest BCUT2D eigenvalue weighted by Crippen LogP contribution is 2.10. The Morgan fingerprint density at radius 2 is 2.35 bits per heavy atom. The molecule has 0 radical (unpaired) electrons. The second-order valence-corrected chi connectivity index (χ2v) is 3.59. The van der Waals surface area contributed by atoms with Crippen LogP contribution in [0.3, 0.4) is 0 Å². The average Bonchev–Trinajstić information content (AvgIpc) is 2.78. The van der Waals surface area contributed by atoms with Crippen LogP contribution in [0.2, 0.25) is 0 Å². The van der Waals surface area contributed by atoms with E-state index in [0.29, 0.717) is 13.0 Å². The molecule has 2 N–H and O–H groups in total. The van der Waals surface area contributed by atoms with Crippen molar-refractivity contribution < 1.29 is 19.5 Å². The summed E-state index contributed by atoms with van der Waals surface area (Å²) in [5.41, 5.74) is -0.127. The van der Waals surface area contributed by atoms with E-state index in [2.05, 4.69) is 16.4 Å². The number of oxime groups is 1. The van der Waals surface area contributed by atoms with Crippen LogP contribution >= 0.6 is 0 Å². The van der Waals surface area contributed by atoms with Crippen LogP contribution in [0, 0.1) is 12.3 Å². The lowest BCUT2D eigenvalue weighted by Crippen LogP contribution is -2.35. The number of nitrogens with one attached hydrogen (secondary N) is 1. The molecule has 0 aliphatic carbocycles. The van der Waals surface area contributed by atoms with Crippen LogP contribution in [0.15, 0.2) is 5.16 Å². The Balaban J connectivity index is 2.19. The summed E-state index contributed by atoms with van der Waals surface area (Å²) in [6, 6.07) is 0. The average molecular weight is 238 g/mol. The van der Waals surface area contributed by atoms with Crippen LogP contribution in [0.5, 0.6) is 0 Å². The summed E-state index contributed by atoms with van der Waals surface area (Å²) in [5, 5.41) is 14.6. The normalized spacial score (nSPS) is 17.8. The summed E-state index contributed by atoms with van der Waals surface area (Å²) in [6.07, 6.45) is 6.58. The molecule has 0 aromatic heterocycles. The molecule has 0 saturated heterocycles. The topological polar surface area (TPSA) is 88.0 Å². The summed E-state index contributed by atoms with van der Waals surface area (Å²) in [5.74, 6) is 1.01. The third kappa shape index (κ3) is 4.15. The summed E-state index contributed by atoms with van der Waals surface area (Å²) >= 11 is 0. The van der Waals surface area contributed by atoms with Crippen molar-refractivity contribution in [2.24, 2.45) is 5.16 Å². The number of aliphatic carboxylic acids is 1. The zero-order valence-electron chi connectivity index (χ0n) is 9.31. The van der Waals surface area contributed by atoms with Gasteiger partial charge < -0.3 is 15.3 Å². The first-order valence-corrected chi connectivity index (χ1v) is 5.32. The van der Waals surface area contributed by atoms with E-state index in [1.807, 2.05) is 0 Å². The number of carboxylic acids is 1. The Kier molecular flexibility index (Phi) is 5.01. The smallest absolute Gasteiger partial charge is 0.353 e. The van der Waals surface area contributed by atoms with E-state index in [0.717, 1.165) is 12.8 Å². The van der Waals surface area contributed by atoms with Crippen LogP contribution in [0.25, 0.3) is 0 Å². The summed E-state index contributed by atoms with van der Waals surface area (Å²) in [4.78, 5) is 26.8. The summed E-state index contributed by atoms with van der Waals surface area (Å²) in [6.45, 7) is 0.503. The Labute approximate surface area is 99.0 Å². The fourth-order valence-corrected chi connectivity index (χ4v) is 1.32. The summed E-state index contributed by atoms with van der Waals surface area (Å²) in [7, 11) is 0. The van der Waals surface area contributed by atoms with Crippen molar-refractivity contribution in [2.75, 3.05) is 6.54 Å². The molecular weight excluding hydrogens is 224 g/mol. The molecule has 0 saturated carbocycles. The van der Waals surface area contributed by atoms with Gasteiger partial charge in [0.1, 0.15) is 0 Å². The minimum absolute atomic E-state index is 0.00548. The van der Waals surface area contributed by atoms with Crippen molar-refractivity contribution in [1.29, 1.82) is 0 Å². The molecule has 1 atom stereocenters. The Morgan fingerprint density at radius 1 is 1.59 bits per heavy atom. The van der Waals surface area contributed by atoms with Gasteiger partial charge in [-0.05, 0) is 12.8 Å². The van der Waals surface area contributed by atoms with Gasteiger partial charge in [0, 0.05) is 19.4 Å². The molecule has 1 rings (SSSR count). The highest BCUT2D eigenvalue weighted by Gasteiger charge is 2.31. The van der Waals surface area contributed by atoms with Crippen LogP contribution < -0.4 is 5.32 Å². The van der Waals surface area contributed by atoms with Crippen molar-refractivity contribution in [3.8, 4) is 12.3 Å². The van der Waals surface area contributed by atoms with Gasteiger partial charge in [0.05, 0.1) is 0 Å². The van der Waals surface area contributed by atoms with Crippen molar-refractivity contribution in [2.45, 2.75) is 31.8 Å². The van der Waals surface area contributed by atoms with E-state index in [4.69, 9.17) is 16.4 Å². The predicted octanol–water partition coefficient (Wildman–Crippen LogP) is 0.136. The number of terminal acetylenes is 1. The van der Waals surface area contributed by atoms with Crippen LogP contribution in [-0.4, -0.2) is 35.3 Å². The first-order chi connectivity index (χ1) is 8.15. The second kappa shape index (κ2) is 6.53. The monoisotopic (exact) mass is 238 g/mol. The molecule has 17 heavy (non-hydrogen) atoms. The molecule has 0 spiro atoms. The first-order valence-electron chi connectivity index (χ1n) is 5.32. The highest BCUT2D eigenvalue weighted by atomic mass is 16.6. The third-order valence-corrected chi connectivity index (χ3v) is 2.26. The number of unbranched alkanes of at least 4 members (excludes halogenated alkanes) is 2. The molecule has 6 nitrogen and oxygen atoms in total. The zero-order chi connectivity index (χ0) is 12.7. The van der Waals surface area contributed by atoms with E-state index in [9.17, 15) is 9.59 Å². The van der Waals surface area contributed by atoms with Crippen LogP contribution in [0.1, 0.15) is 25.7 Å². The van der Waals surface area contributed by atoms with E-state index >= 15 is 0 Å². The maximum Gasteiger partial charge on any atom is 0.353 e. The molecule has 0 bridgehead atoms. The molecule has 1 amide bonds. The highest BCUT2D eigenvalue weighted by molar-refractivity contribution is 6.36. The minimum Gasteiger partial charge on any atom is -0.477 e. The Hall–Kier alpha value is -2.03. The van der Waals surface area contributed by atoms with Crippen LogP contribution in [-0.2, 0) is 14.4 Å². The van der Waals surface area contributed by atoms with E-state index in [1.54, 1.807) is 0 Å². The van der Waals surface area contributed by atoms with Crippen molar-refractivity contribution in [3.05, 3.63) is 0 Å². The van der Waals surface area contributed by atoms with E-state index < -0.39 is 12.1 Å². The van der Waals surface area contributed by atoms with Gasteiger partial charge in [-0.3, -0.25) is 4.79 Å². The Bertz CT molecular complexity index is 370. The maximum absolute atomic E-state index is 11.5. The molecule has 1 aliphatic heterocycles. The molecular formula is C11H14N2O4. The molecule has 1 heterocycles. The molecule has 1 aliphatic rings. The predicted molar refractivity (Wildman–Crippen MR) is 60.3 cm³/mol. The van der Waals surface area contributed by atoms with Crippen molar-refractivity contribution >= 4 is 17.6 Å². The molecule has 1 unspecified atom stereocenters. The number of hydrogen-bond donors (Lipinski definition) is 2. The lowest BCUT2D eigenvalue weighted by atomic mass is 10.1. The Morgan fingerprint density at radius 3 is 2.94 bits per heavy atom. The molecule has 0 aromatic carbocycles. The van der Waals surface area contributed by atoms with Crippen molar-refractivity contribution in [1.82, 2.24) is 5.32 Å². The number of nitrogens with zero attached hydrogens (tertiary/aromatic N) is 1. The third-order valence-electron chi connectivity index (χ3n) is 2.26. The van der Waals surface area contributed by atoms with Gasteiger partial charge in [-0.25, -0.2) is 4.79 Å². The molecule has 92 valence electrons. The molecule has 0 aromatic rings. The first kappa shape index (κ1) is 13.0. The summed E-state index contributed by atoms with van der Waals surface area (Å²) < 4.78 is 0. The van der Waals surface area contributed by atoms with Gasteiger partial charge in [-0.15, -0.1) is 12.3 Å². The van der Waals surface area contributed by atoms with Crippen molar-refractivity contribution in [3.63, 3.8) is 0 Å². The van der Waals surface area contributed by atoms with Gasteiger partial charge >= 0.3 is 5.97 Å². The lowest BCUT2D eigenvalue weighted by Gasteiger charge is -2.08. The number of amides is 1. The van der Waals surface area contributed by atoms with Gasteiger partial charge in [-0.2, -0.15) is 0 Å². The second-order valence-electron chi connectivity index (χ2n) is 3.59. The quantitative estimate of drug-likeness (QED) is 0.508. The zero-order valence-corrected chi connectivity index (χ0v) is 9.31.